The fourth-order valence-corrected chi connectivity index (χ4v) is 1.56. The van der Waals surface area contributed by atoms with E-state index in [1.807, 2.05) is 6.92 Å². The molecule has 0 aliphatic rings. The molecule has 1 aromatic carbocycles. The van der Waals surface area contributed by atoms with Crippen LogP contribution in [-0.2, 0) is 9.47 Å². The standard InChI is InChI=1S/C14H18O4/c1-10-7-12(11(2)15)9-13(8-10)14(16)18-6-4-5-17-3/h7-9H,4-6H2,1-3H3. The molecule has 0 spiro atoms. The van der Waals surface area contributed by atoms with Gasteiger partial charge in [-0.2, -0.15) is 0 Å². The first kappa shape index (κ1) is 14.4. The first-order chi connectivity index (χ1) is 8.54. The molecule has 0 heterocycles. The Labute approximate surface area is 107 Å². The average Bonchev–Trinajstić information content (AvgIpc) is 2.33. The average molecular weight is 250 g/mol. The molecule has 4 heteroatoms. The van der Waals surface area contributed by atoms with Gasteiger partial charge in [-0.3, -0.25) is 4.79 Å². The fourth-order valence-electron chi connectivity index (χ4n) is 1.56. The summed E-state index contributed by atoms with van der Waals surface area (Å²) in [7, 11) is 1.60. The highest BCUT2D eigenvalue weighted by Crippen LogP contribution is 2.11. The molecule has 0 unspecified atom stereocenters. The molecule has 18 heavy (non-hydrogen) atoms. The number of carbonyl (C=O) groups excluding carboxylic acids is 2. The highest BCUT2D eigenvalue weighted by Gasteiger charge is 2.10. The second kappa shape index (κ2) is 6.91. The topological polar surface area (TPSA) is 52.6 Å². The number of ketones is 1. The van der Waals surface area contributed by atoms with Gasteiger partial charge in [0.25, 0.3) is 0 Å². The zero-order valence-corrected chi connectivity index (χ0v) is 11.0. The van der Waals surface area contributed by atoms with Crippen molar-refractivity contribution in [3.63, 3.8) is 0 Å². The monoisotopic (exact) mass is 250 g/mol. The van der Waals surface area contributed by atoms with E-state index < -0.39 is 5.97 Å². The molecule has 0 N–H and O–H groups in total. The molecule has 0 atom stereocenters. The summed E-state index contributed by atoms with van der Waals surface area (Å²) in [6, 6.07) is 5.03. The number of hydrogen-bond donors (Lipinski definition) is 0. The summed E-state index contributed by atoms with van der Waals surface area (Å²) in [5.41, 5.74) is 1.81. The van der Waals surface area contributed by atoms with E-state index in [2.05, 4.69) is 0 Å². The predicted molar refractivity (Wildman–Crippen MR) is 68.0 cm³/mol. The lowest BCUT2D eigenvalue weighted by atomic mass is 10.0. The molecule has 1 aromatic rings. The zero-order chi connectivity index (χ0) is 13.5. The second-order valence-corrected chi connectivity index (χ2v) is 4.13. The molecular weight excluding hydrogens is 232 g/mol. The summed E-state index contributed by atoms with van der Waals surface area (Å²) in [5, 5.41) is 0. The summed E-state index contributed by atoms with van der Waals surface area (Å²) in [6.07, 6.45) is 0.660. The third kappa shape index (κ3) is 4.30. The van der Waals surface area contributed by atoms with Gasteiger partial charge in [0, 0.05) is 25.7 Å². The van der Waals surface area contributed by atoms with Gasteiger partial charge in [-0.05, 0) is 37.6 Å². The van der Waals surface area contributed by atoms with Crippen LogP contribution in [0.4, 0.5) is 0 Å². The van der Waals surface area contributed by atoms with Crippen molar-refractivity contribution in [1.82, 2.24) is 0 Å². The van der Waals surface area contributed by atoms with E-state index in [4.69, 9.17) is 9.47 Å². The Morgan fingerprint density at radius 2 is 1.78 bits per heavy atom. The summed E-state index contributed by atoms with van der Waals surface area (Å²) in [6.45, 7) is 4.19. The zero-order valence-electron chi connectivity index (χ0n) is 11.0. The first-order valence-electron chi connectivity index (χ1n) is 5.83. The van der Waals surface area contributed by atoms with Gasteiger partial charge in [0.05, 0.1) is 12.2 Å². The number of hydrogen-bond acceptors (Lipinski definition) is 4. The van der Waals surface area contributed by atoms with E-state index in [0.29, 0.717) is 30.8 Å². The highest BCUT2D eigenvalue weighted by atomic mass is 16.5. The van der Waals surface area contributed by atoms with Gasteiger partial charge in [-0.15, -0.1) is 0 Å². The molecule has 0 aliphatic carbocycles. The van der Waals surface area contributed by atoms with Crippen LogP contribution in [0.3, 0.4) is 0 Å². The molecular formula is C14H18O4. The minimum atomic E-state index is -0.405. The quantitative estimate of drug-likeness (QED) is 0.442. The van der Waals surface area contributed by atoms with E-state index in [1.54, 1.807) is 25.3 Å². The lowest BCUT2D eigenvalue weighted by Gasteiger charge is -2.06. The first-order valence-corrected chi connectivity index (χ1v) is 5.83. The number of rotatable bonds is 6. The minimum Gasteiger partial charge on any atom is -0.462 e. The van der Waals surface area contributed by atoms with Crippen LogP contribution in [0.5, 0.6) is 0 Å². The summed E-state index contributed by atoms with van der Waals surface area (Å²) in [4.78, 5) is 23.1. The molecule has 98 valence electrons. The van der Waals surface area contributed by atoms with Crippen molar-refractivity contribution in [2.75, 3.05) is 20.3 Å². The molecule has 0 bridgehead atoms. The minimum absolute atomic E-state index is 0.0628. The maximum atomic E-state index is 11.8. The van der Waals surface area contributed by atoms with E-state index >= 15 is 0 Å². The fraction of sp³-hybridized carbons (Fsp3) is 0.429. The van der Waals surface area contributed by atoms with Gasteiger partial charge in [-0.25, -0.2) is 4.79 Å². The maximum absolute atomic E-state index is 11.8. The van der Waals surface area contributed by atoms with Crippen LogP contribution < -0.4 is 0 Å². The van der Waals surface area contributed by atoms with E-state index in [1.165, 1.54) is 6.92 Å². The molecule has 0 aliphatic heterocycles. The van der Waals surface area contributed by atoms with Gasteiger partial charge >= 0.3 is 5.97 Å². The molecule has 0 radical (unpaired) electrons. The second-order valence-electron chi connectivity index (χ2n) is 4.13. The van der Waals surface area contributed by atoms with Crippen molar-refractivity contribution in [3.05, 3.63) is 34.9 Å². The van der Waals surface area contributed by atoms with Crippen molar-refractivity contribution >= 4 is 11.8 Å². The molecule has 0 fully saturated rings. The van der Waals surface area contributed by atoms with Crippen molar-refractivity contribution in [1.29, 1.82) is 0 Å². The van der Waals surface area contributed by atoms with Gasteiger partial charge in [0.2, 0.25) is 0 Å². The van der Waals surface area contributed by atoms with Crippen LogP contribution >= 0.6 is 0 Å². The summed E-state index contributed by atoms with van der Waals surface area (Å²) >= 11 is 0. The lowest BCUT2D eigenvalue weighted by molar-refractivity contribution is 0.0468. The Balaban J connectivity index is 2.70. The number of ether oxygens (including phenoxy) is 2. The van der Waals surface area contributed by atoms with E-state index in [9.17, 15) is 9.59 Å². The lowest BCUT2D eigenvalue weighted by Crippen LogP contribution is -2.09. The molecule has 0 saturated carbocycles. The van der Waals surface area contributed by atoms with Crippen LogP contribution in [0, 0.1) is 6.92 Å². The van der Waals surface area contributed by atoms with Crippen LogP contribution in [-0.4, -0.2) is 32.1 Å². The van der Waals surface area contributed by atoms with E-state index in [0.717, 1.165) is 5.56 Å². The van der Waals surface area contributed by atoms with Crippen LogP contribution in [0.1, 0.15) is 39.6 Å². The van der Waals surface area contributed by atoms with Crippen molar-refractivity contribution in [3.8, 4) is 0 Å². The van der Waals surface area contributed by atoms with Gasteiger partial charge < -0.3 is 9.47 Å². The largest absolute Gasteiger partial charge is 0.462 e. The van der Waals surface area contributed by atoms with Gasteiger partial charge in [0.1, 0.15) is 0 Å². The van der Waals surface area contributed by atoms with Crippen molar-refractivity contribution < 1.29 is 19.1 Å². The molecule has 1 rings (SSSR count). The number of esters is 1. The SMILES string of the molecule is COCCCOC(=O)c1cc(C)cc(C(C)=O)c1. The third-order valence-corrected chi connectivity index (χ3v) is 2.45. The Morgan fingerprint density at radius 3 is 2.39 bits per heavy atom. The maximum Gasteiger partial charge on any atom is 0.338 e. The number of carbonyl (C=O) groups is 2. The molecule has 0 aromatic heterocycles. The number of aryl methyl sites for hydroxylation is 1. The van der Waals surface area contributed by atoms with Crippen LogP contribution in [0.25, 0.3) is 0 Å². The Kier molecular flexibility index (Phi) is 5.52. The third-order valence-electron chi connectivity index (χ3n) is 2.45. The normalized spacial score (nSPS) is 10.2. The number of methoxy groups -OCH3 is 1. The Bertz CT molecular complexity index is 437. The van der Waals surface area contributed by atoms with E-state index in [-0.39, 0.29) is 5.78 Å². The number of Topliss-reactive ketones (excluding diaryl/α,β-unsaturated/α-hetero) is 1. The van der Waals surface area contributed by atoms with Crippen LogP contribution in [0.15, 0.2) is 18.2 Å². The highest BCUT2D eigenvalue weighted by molar-refractivity contribution is 5.98. The molecule has 4 nitrogen and oxygen atoms in total. The number of benzene rings is 1. The van der Waals surface area contributed by atoms with Gasteiger partial charge in [0.15, 0.2) is 5.78 Å². The van der Waals surface area contributed by atoms with Crippen molar-refractivity contribution in [2.45, 2.75) is 20.3 Å². The predicted octanol–water partition coefficient (Wildman–Crippen LogP) is 2.39. The molecule has 0 saturated heterocycles. The smallest absolute Gasteiger partial charge is 0.338 e. The van der Waals surface area contributed by atoms with Gasteiger partial charge in [-0.1, -0.05) is 0 Å². The van der Waals surface area contributed by atoms with Crippen molar-refractivity contribution in [2.24, 2.45) is 0 Å². The molecule has 0 amide bonds. The Hall–Kier alpha value is -1.68. The van der Waals surface area contributed by atoms with Crippen LogP contribution in [0.2, 0.25) is 0 Å². The Morgan fingerprint density at radius 1 is 1.11 bits per heavy atom. The summed E-state index contributed by atoms with van der Waals surface area (Å²) < 4.78 is 9.95. The summed E-state index contributed by atoms with van der Waals surface area (Å²) in [5.74, 6) is -0.468.